The molecule has 0 spiro atoms. The second-order valence-corrected chi connectivity index (χ2v) is 4.91. The van der Waals surface area contributed by atoms with E-state index in [2.05, 4.69) is 0 Å². The summed E-state index contributed by atoms with van der Waals surface area (Å²) in [4.78, 5) is 13.8. The predicted molar refractivity (Wildman–Crippen MR) is 82.8 cm³/mol. The van der Waals surface area contributed by atoms with Crippen LogP contribution in [0, 0.1) is 0 Å². The highest BCUT2D eigenvalue weighted by Gasteiger charge is 2.10. The van der Waals surface area contributed by atoms with Crippen molar-refractivity contribution < 1.29 is 9.53 Å². The minimum atomic E-state index is 0.0732. The molecule has 2 rings (SSSR count). The highest BCUT2D eigenvalue weighted by atomic mass is 16.5. The number of nitrogens with zero attached hydrogens (tertiary/aromatic N) is 1. The molecule has 0 heterocycles. The third kappa shape index (κ3) is 2.82. The minimum absolute atomic E-state index is 0.0732. The molecule has 0 saturated heterocycles. The maximum absolute atomic E-state index is 11.8. The number of hydrogen-bond donors (Lipinski definition) is 0. The fraction of sp³-hybridized carbons (Fsp3) is 0.235. The SMILES string of the molecule is COc1ccc(-c2ccc(N(C)C)c(C(C)=O)c2)cc1. The standard InChI is InChI=1S/C17H19NO2/c1-12(19)16-11-14(7-10-17(16)18(2)3)13-5-8-15(20-4)9-6-13/h5-11H,1-4H3. The summed E-state index contributed by atoms with van der Waals surface area (Å²) >= 11 is 0. The second-order valence-electron chi connectivity index (χ2n) is 4.91. The van der Waals surface area contributed by atoms with E-state index >= 15 is 0 Å². The van der Waals surface area contributed by atoms with Crippen LogP contribution in [-0.2, 0) is 0 Å². The number of ketones is 1. The first kappa shape index (κ1) is 14.1. The number of Topliss-reactive ketones (excluding diaryl/α,β-unsaturated/α-hetero) is 1. The van der Waals surface area contributed by atoms with Gasteiger partial charge in [0.25, 0.3) is 0 Å². The van der Waals surface area contributed by atoms with Crippen molar-refractivity contribution in [1.82, 2.24) is 0 Å². The van der Waals surface area contributed by atoms with E-state index in [1.807, 2.05) is 61.5 Å². The molecular weight excluding hydrogens is 250 g/mol. The first-order valence-electron chi connectivity index (χ1n) is 6.49. The van der Waals surface area contributed by atoms with Crippen molar-refractivity contribution in [3.63, 3.8) is 0 Å². The Hall–Kier alpha value is -2.29. The van der Waals surface area contributed by atoms with Crippen molar-refractivity contribution >= 4 is 11.5 Å². The molecule has 0 bridgehead atoms. The smallest absolute Gasteiger partial charge is 0.161 e. The molecule has 2 aromatic carbocycles. The van der Waals surface area contributed by atoms with Gasteiger partial charge < -0.3 is 9.64 Å². The van der Waals surface area contributed by atoms with Crippen LogP contribution in [0.2, 0.25) is 0 Å². The average Bonchev–Trinajstić information content (AvgIpc) is 2.46. The van der Waals surface area contributed by atoms with Crippen molar-refractivity contribution in [2.24, 2.45) is 0 Å². The summed E-state index contributed by atoms with van der Waals surface area (Å²) in [5.74, 6) is 0.898. The third-order valence-corrected chi connectivity index (χ3v) is 3.28. The fourth-order valence-corrected chi connectivity index (χ4v) is 2.17. The Morgan fingerprint density at radius 2 is 1.60 bits per heavy atom. The highest BCUT2D eigenvalue weighted by molar-refractivity contribution is 6.01. The molecule has 104 valence electrons. The molecule has 0 atom stereocenters. The van der Waals surface area contributed by atoms with Gasteiger partial charge in [0.2, 0.25) is 0 Å². The van der Waals surface area contributed by atoms with Crippen LogP contribution in [0.3, 0.4) is 0 Å². The van der Waals surface area contributed by atoms with Crippen LogP contribution in [0.25, 0.3) is 11.1 Å². The minimum Gasteiger partial charge on any atom is -0.497 e. The van der Waals surface area contributed by atoms with Gasteiger partial charge in [-0.1, -0.05) is 18.2 Å². The average molecular weight is 269 g/mol. The molecular formula is C17H19NO2. The van der Waals surface area contributed by atoms with E-state index in [1.165, 1.54) is 0 Å². The van der Waals surface area contributed by atoms with E-state index < -0.39 is 0 Å². The van der Waals surface area contributed by atoms with Crippen LogP contribution in [0.5, 0.6) is 5.75 Å². The number of anilines is 1. The first-order chi connectivity index (χ1) is 9.52. The largest absolute Gasteiger partial charge is 0.497 e. The van der Waals surface area contributed by atoms with E-state index in [9.17, 15) is 4.79 Å². The van der Waals surface area contributed by atoms with E-state index in [0.717, 1.165) is 28.1 Å². The summed E-state index contributed by atoms with van der Waals surface area (Å²) in [5.41, 5.74) is 3.78. The highest BCUT2D eigenvalue weighted by Crippen LogP contribution is 2.28. The quantitative estimate of drug-likeness (QED) is 0.794. The summed E-state index contributed by atoms with van der Waals surface area (Å²) < 4.78 is 5.16. The number of methoxy groups -OCH3 is 1. The molecule has 3 heteroatoms. The predicted octanol–water partition coefficient (Wildman–Crippen LogP) is 3.63. The Morgan fingerprint density at radius 3 is 2.10 bits per heavy atom. The Morgan fingerprint density at radius 1 is 1.00 bits per heavy atom. The summed E-state index contributed by atoms with van der Waals surface area (Å²) in [5, 5.41) is 0. The van der Waals surface area contributed by atoms with E-state index in [-0.39, 0.29) is 5.78 Å². The molecule has 0 aliphatic heterocycles. The Labute approximate surface area is 119 Å². The van der Waals surface area contributed by atoms with Crippen molar-refractivity contribution in [3.05, 3.63) is 48.0 Å². The van der Waals surface area contributed by atoms with Gasteiger partial charge in [-0.15, -0.1) is 0 Å². The number of carbonyl (C=O) groups is 1. The molecule has 20 heavy (non-hydrogen) atoms. The molecule has 0 aliphatic carbocycles. The summed E-state index contributed by atoms with van der Waals surface area (Å²) in [7, 11) is 5.53. The van der Waals surface area contributed by atoms with Gasteiger partial charge in [-0.25, -0.2) is 0 Å². The van der Waals surface area contributed by atoms with Crippen LogP contribution < -0.4 is 9.64 Å². The zero-order valence-corrected chi connectivity index (χ0v) is 12.3. The van der Waals surface area contributed by atoms with Crippen LogP contribution in [0.15, 0.2) is 42.5 Å². The van der Waals surface area contributed by atoms with Gasteiger partial charge in [-0.05, 0) is 42.3 Å². The van der Waals surface area contributed by atoms with Crippen molar-refractivity contribution in [2.45, 2.75) is 6.92 Å². The lowest BCUT2D eigenvalue weighted by atomic mass is 9.99. The van der Waals surface area contributed by atoms with Gasteiger partial charge in [0.15, 0.2) is 5.78 Å². The topological polar surface area (TPSA) is 29.5 Å². The van der Waals surface area contributed by atoms with E-state index in [0.29, 0.717) is 0 Å². The third-order valence-electron chi connectivity index (χ3n) is 3.28. The van der Waals surface area contributed by atoms with Gasteiger partial charge in [0.05, 0.1) is 7.11 Å². The Balaban J connectivity index is 2.47. The van der Waals surface area contributed by atoms with Crippen molar-refractivity contribution in [2.75, 3.05) is 26.1 Å². The fourth-order valence-electron chi connectivity index (χ4n) is 2.17. The van der Waals surface area contributed by atoms with Crippen LogP contribution >= 0.6 is 0 Å². The Kier molecular flexibility index (Phi) is 4.08. The second kappa shape index (κ2) is 5.78. The lowest BCUT2D eigenvalue weighted by Crippen LogP contribution is -2.13. The summed E-state index contributed by atoms with van der Waals surface area (Å²) in [6, 6.07) is 13.8. The van der Waals surface area contributed by atoms with Gasteiger partial charge in [0, 0.05) is 25.3 Å². The van der Waals surface area contributed by atoms with Crippen LogP contribution in [0.1, 0.15) is 17.3 Å². The molecule has 0 radical (unpaired) electrons. The van der Waals surface area contributed by atoms with Gasteiger partial charge in [-0.2, -0.15) is 0 Å². The molecule has 0 aliphatic rings. The molecule has 0 N–H and O–H groups in total. The van der Waals surface area contributed by atoms with Gasteiger partial charge in [0.1, 0.15) is 5.75 Å². The van der Waals surface area contributed by atoms with E-state index in [1.54, 1.807) is 14.0 Å². The lowest BCUT2D eigenvalue weighted by molar-refractivity contribution is 0.101. The number of carbonyl (C=O) groups excluding carboxylic acids is 1. The molecule has 2 aromatic rings. The number of rotatable bonds is 4. The zero-order chi connectivity index (χ0) is 14.7. The van der Waals surface area contributed by atoms with Gasteiger partial charge >= 0.3 is 0 Å². The molecule has 0 aromatic heterocycles. The molecule has 0 fully saturated rings. The molecule has 3 nitrogen and oxygen atoms in total. The van der Waals surface area contributed by atoms with Crippen molar-refractivity contribution in [1.29, 1.82) is 0 Å². The van der Waals surface area contributed by atoms with Crippen molar-refractivity contribution in [3.8, 4) is 16.9 Å². The first-order valence-corrected chi connectivity index (χ1v) is 6.49. The molecule has 0 saturated carbocycles. The normalized spacial score (nSPS) is 10.2. The summed E-state index contributed by atoms with van der Waals surface area (Å²) in [6.45, 7) is 1.60. The molecule has 0 unspecified atom stereocenters. The van der Waals surface area contributed by atoms with Crippen LogP contribution in [0.4, 0.5) is 5.69 Å². The maximum Gasteiger partial charge on any atom is 0.161 e. The maximum atomic E-state index is 11.8. The van der Waals surface area contributed by atoms with E-state index in [4.69, 9.17) is 4.74 Å². The Bertz CT molecular complexity index is 615. The zero-order valence-electron chi connectivity index (χ0n) is 12.3. The van der Waals surface area contributed by atoms with Gasteiger partial charge in [-0.3, -0.25) is 4.79 Å². The molecule has 0 amide bonds. The summed E-state index contributed by atoms with van der Waals surface area (Å²) in [6.07, 6.45) is 0. The monoisotopic (exact) mass is 269 g/mol. The van der Waals surface area contributed by atoms with Crippen LogP contribution in [-0.4, -0.2) is 27.0 Å². The number of hydrogen-bond acceptors (Lipinski definition) is 3. The number of benzene rings is 2. The lowest BCUT2D eigenvalue weighted by Gasteiger charge is -2.17. The number of ether oxygens (including phenoxy) is 1.